The number of hydrogen-bond acceptors (Lipinski definition) is 7. The molecule has 41 heavy (non-hydrogen) atoms. The highest BCUT2D eigenvalue weighted by Crippen LogP contribution is 2.10. The van der Waals surface area contributed by atoms with Gasteiger partial charge in [-0.05, 0) is 37.3 Å². The fourth-order valence-electron chi connectivity index (χ4n) is 3.88. The van der Waals surface area contributed by atoms with Gasteiger partial charge in [0.1, 0.15) is 18.7 Å². The van der Waals surface area contributed by atoms with Crippen molar-refractivity contribution in [3.63, 3.8) is 0 Å². The molecule has 3 N–H and O–H groups in total. The number of rotatable bonds is 15. The lowest BCUT2D eigenvalue weighted by molar-refractivity contribution is -0.172. The van der Waals surface area contributed by atoms with E-state index >= 15 is 0 Å². The molecule has 0 heterocycles. The lowest BCUT2D eigenvalue weighted by Crippen LogP contribution is -2.58. The molecule has 2 aromatic carbocycles. The smallest absolute Gasteiger partial charge is 0.408 e. The van der Waals surface area contributed by atoms with Crippen molar-refractivity contribution in [2.45, 2.75) is 71.6 Å². The van der Waals surface area contributed by atoms with E-state index < -0.39 is 48.2 Å². The third-order valence-corrected chi connectivity index (χ3v) is 5.93. The molecule has 0 aromatic heterocycles. The number of nitrogens with zero attached hydrogens (tertiary/aromatic N) is 1. The Labute approximate surface area is 241 Å². The Morgan fingerprint density at radius 1 is 0.780 bits per heavy atom. The summed E-state index contributed by atoms with van der Waals surface area (Å²) < 4.78 is 11.0. The van der Waals surface area contributed by atoms with E-state index in [2.05, 4.69) is 16.0 Å². The van der Waals surface area contributed by atoms with Crippen molar-refractivity contribution in [3.8, 4) is 0 Å². The molecule has 2 rings (SSSR count). The summed E-state index contributed by atoms with van der Waals surface area (Å²) >= 11 is 0. The molecule has 0 aliphatic carbocycles. The van der Waals surface area contributed by atoms with Crippen LogP contribution in [0.3, 0.4) is 0 Å². The summed E-state index contributed by atoms with van der Waals surface area (Å²) in [6.45, 7) is 7.28. The van der Waals surface area contributed by atoms with Crippen molar-refractivity contribution in [1.82, 2.24) is 21.0 Å². The van der Waals surface area contributed by atoms with Gasteiger partial charge in [0, 0.05) is 13.5 Å². The minimum absolute atomic E-state index is 0.0228. The molecule has 0 saturated heterocycles. The molecule has 0 aliphatic heterocycles. The number of nitrogens with one attached hydrogen (secondary N) is 3. The average Bonchev–Trinajstić information content (AvgIpc) is 2.94. The standard InChI is InChI=1S/C30H42N4O7/c1-20(2)17-25(29(37)34(5)39-6)31-27(36)28(41-21(3)4)33-26(35)24(18-22-13-9-7-10-14-22)32-30(38)40-19-23-15-11-8-12-16-23/h7-16,20-21,24-25,28H,17-19H2,1-6H3,(H,31,36)(H,32,38)(H,33,35). The van der Waals surface area contributed by atoms with Gasteiger partial charge in [-0.25, -0.2) is 9.86 Å². The topological polar surface area (TPSA) is 135 Å². The SMILES string of the molecule is CON(C)C(=O)C(CC(C)C)NC(=O)C(NC(=O)C(Cc1ccccc1)NC(=O)OCc1ccccc1)OC(C)C. The Kier molecular flexibility index (Phi) is 13.8. The van der Waals surface area contributed by atoms with E-state index in [0.717, 1.165) is 16.2 Å². The number of hydroxylamine groups is 2. The van der Waals surface area contributed by atoms with Gasteiger partial charge in [-0.3, -0.25) is 19.2 Å². The molecule has 0 spiro atoms. The van der Waals surface area contributed by atoms with Gasteiger partial charge in [0.05, 0.1) is 13.2 Å². The van der Waals surface area contributed by atoms with Crippen LogP contribution >= 0.6 is 0 Å². The number of carbonyl (C=O) groups excluding carboxylic acids is 4. The zero-order chi connectivity index (χ0) is 30.4. The van der Waals surface area contributed by atoms with Crippen LogP contribution in [0, 0.1) is 5.92 Å². The van der Waals surface area contributed by atoms with Crippen molar-refractivity contribution < 1.29 is 33.5 Å². The monoisotopic (exact) mass is 570 g/mol. The van der Waals surface area contributed by atoms with Crippen LogP contribution in [0.1, 0.15) is 45.2 Å². The molecule has 0 saturated carbocycles. The highest BCUT2D eigenvalue weighted by Gasteiger charge is 2.32. The normalized spacial score (nSPS) is 13.2. The first-order valence-electron chi connectivity index (χ1n) is 13.6. The van der Waals surface area contributed by atoms with E-state index in [9.17, 15) is 19.2 Å². The predicted molar refractivity (Wildman–Crippen MR) is 153 cm³/mol. The fraction of sp³-hybridized carbons (Fsp3) is 0.467. The number of carbonyl (C=O) groups is 4. The number of hydrogen-bond donors (Lipinski definition) is 3. The van der Waals surface area contributed by atoms with Gasteiger partial charge < -0.3 is 25.4 Å². The third-order valence-electron chi connectivity index (χ3n) is 5.93. The number of benzene rings is 2. The molecule has 224 valence electrons. The van der Waals surface area contributed by atoms with Crippen LogP contribution in [-0.2, 0) is 41.7 Å². The van der Waals surface area contributed by atoms with E-state index in [1.165, 1.54) is 14.2 Å². The molecule has 0 bridgehead atoms. The molecular weight excluding hydrogens is 528 g/mol. The van der Waals surface area contributed by atoms with Gasteiger partial charge in [0.15, 0.2) is 0 Å². The second-order valence-corrected chi connectivity index (χ2v) is 10.2. The van der Waals surface area contributed by atoms with Gasteiger partial charge in [0.25, 0.3) is 11.8 Å². The summed E-state index contributed by atoms with van der Waals surface area (Å²) in [6.07, 6.45) is -2.19. The Hall–Kier alpha value is -3.96. The van der Waals surface area contributed by atoms with E-state index in [1.54, 1.807) is 13.8 Å². The highest BCUT2D eigenvalue weighted by atomic mass is 16.7. The first-order chi connectivity index (χ1) is 19.5. The van der Waals surface area contributed by atoms with Crippen LogP contribution in [0.15, 0.2) is 60.7 Å². The summed E-state index contributed by atoms with van der Waals surface area (Å²) in [5.41, 5.74) is 1.57. The van der Waals surface area contributed by atoms with Gasteiger partial charge >= 0.3 is 6.09 Å². The van der Waals surface area contributed by atoms with E-state index in [4.69, 9.17) is 14.3 Å². The van der Waals surface area contributed by atoms with Gasteiger partial charge in [-0.15, -0.1) is 0 Å². The third kappa shape index (κ3) is 12.0. The van der Waals surface area contributed by atoms with Crippen LogP contribution in [0.4, 0.5) is 4.79 Å². The Morgan fingerprint density at radius 2 is 1.37 bits per heavy atom. The quantitative estimate of drug-likeness (QED) is 0.221. The molecule has 4 amide bonds. The number of amides is 4. The van der Waals surface area contributed by atoms with Gasteiger partial charge in [-0.2, -0.15) is 0 Å². The van der Waals surface area contributed by atoms with Crippen LogP contribution in [0.25, 0.3) is 0 Å². The zero-order valence-electron chi connectivity index (χ0n) is 24.6. The van der Waals surface area contributed by atoms with Gasteiger partial charge in [-0.1, -0.05) is 74.5 Å². The maximum absolute atomic E-state index is 13.5. The Bertz CT molecular complexity index is 1110. The summed E-state index contributed by atoms with van der Waals surface area (Å²) in [5, 5.41) is 8.90. The lowest BCUT2D eigenvalue weighted by Gasteiger charge is -2.28. The van der Waals surface area contributed by atoms with E-state index in [-0.39, 0.29) is 18.9 Å². The number of alkyl carbamates (subject to hydrolysis) is 1. The molecule has 3 atom stereocenters. The maximum atomic E-state index is 13.5. The van der Waals surface area contributed by atoms with Crippen LogP contribution in [-0.4, -0.2) is 67.5 Å². The zero-order valence-corrected chi connectivity index (χ0v) is 24.6. The molecule has 3 unspecified atom stereocenters. The first-order valence-corrected chi connectivity index (χ1v) is 13.6. The largest absolute Gasteiger partial charge is 0.445 e. The summed E-state index contributed by atoms with van der Waals surface area (Å²) in [7, 11) is 2.80. The van der Waals surface area contributed by atoms with E-state index in [0.29, 0.717) is 6.42 Å². The molecule has 0 fully saturated rings. The van der Waals surface area contributed by atoms with Crippen LogP contribution < -0.4 is 16.0 Å². The maximum Gasteiger partial charge on any atom is 0.408 e. The predicted octanol–water partition coefficient (Wildman–Crippen LogP) is 2.94. The number of ether oxygens (including phenoxy) is 2. The summed E-state index contributed by atoms with van der Waals surface area (Å²) in [6, 6.07) is 16.3. The molecule has 2 aromatic rings. The summed E-state index contributed by atoms with van der Waals surface area (Å²) in [5.74, 6) is -1.74. The second-order valence-electron chi connectivity index (χ2n) is 10.2. The average molecular weight is 571 g/mol. The van der Waals surface area contributed by atoms with Crippen LogP contribution in [0.2, 0.25) is 0 Å². The van der Waals surface area contributed by atoms with Crippen molar-refractivity contribution in [1.29, 1.82) is 0 Å². The van der Waals surface area contributed by atoms with Crippen LogP contribution in [0.5, 0.6) is 0 Å². The summed E-state index contributed by atoms with van der Waals surface area (Å²) in [4.78, 5) is 57.2. The van der Waals surface area contributed by atoms with Crippen molar-refractivity contribution >= 4 is 23.8 Å². The van der Waals surface area contributed by atoms with Gasteiger partial charge in [0.2, 0.25) is 12.1 Å². The minimum Gasteiger partial charge on any atom is -0.445 e. The molecule has 0 radical (unpaired) electrons. The molecule has 0 aliphatic rings. The first kappa shape index (κ1) is 33.2. The number of likely N-dealkylation sites (N-methyl/N-ethyl adjacent to an activating group) is 1. The lowest BCUT2D eigenvalue weighted by atomic mass is 10.0. The molecule has 11 heteroatoms. The second kappa shape index (κ2) is 17.0. The highest BCUT2D eigenvalue weighted by molar-refractivity contribution is 5.93. The minimum atomic E-state index is -1.43. The Morgan fingerprint density at radius 3 is 1.90 bits per heavy atom. The van der Waals surface area contributed by atoms with Crippen molar-refractivity contribution in [2.24, 2.45) is 5.92 Å². The molecule has 11 nitrogen and oxygen atoms in total. The van der Waals surface area contributed by atoms with Crippen molar-refractivity contribution in [2.75, 3.05) is 14.2 Å². The van der Waals surface area contributed by atoms with Crippen molar-refractivity contribution in [3.05, 3.63) is 71.8 Å². The molecular formula is C30H42N4O7. The van der Waals surface area contributed by atoms with E-state index in [1.807, 2.05) is 74.5 Å². The Balaban J connectivity index is 2.20. The fourth-order valence-corrected chi connectivity index (χ4v) is 3.88.